The number of hydrogen-bond donors (Lipinski definition) is 4. The predicted octanol–water partition coefficient (Wildman–Crippen LogP) is 3.09. The van der Waals surface area contributed by atoms with Crippen LogP contribution in [0.25, 0.3) is 0 Å². The SMILES string of the molecule is CSC(=S)[C@H]1CC2OCC2(O)C(C(OC(=O)c2ccccc2)C2(O)CC(O)C(C)=CC2(C)C)[C@]1(C)C(=O)C(C)O. The summed E-state index contributed by atoms with van der Waals surface area (Å²) in [5.41, 5.74) is -5.35. The quantitative estimate of drug-likeness (QED) is 0.213. The number of thiocarbonyl (C=S) groups is 1. The molecular weight excluding hydrogens is 552 g/mol. The van der Waals surface area contributed by atoms with Crippen LogP contribution in [0.2, 0.25) is 0 Å². The van der Waals surface area contributed by atoms with Crippen LogP contribution >= 0.6 is 24.0 Å². The third-order valence-corrected chi connectivity index (χ3v) is 11.1. The summed E-state index contributed by atoms with van der Waals surface area (Å²) in [4.78, 5) is 27.7. The summed E-state index contributed by atoms with van der Waals surface area (Å²) in [5, 5.41) is 46.5. The maximum Gasteiger partial charge on any atom is 0.338 e. The molecule has 1 aliphatic heterocycles. The first kappa shape index (κ1) is 31.3. The molecule has 10 heteroatoms. The number of carbonyl (C=O) groups excluding carboxylic acids is 2. The van der Waals surface area contributed by atoms with Crippen LogP contribution in [0.4, 0.5) is 0 Å². The summed E-state index contributed by atoms with van der Waals surface area (Å²) in [5.74, 6) is -3.22. The molecule has 2 aliphatic carbocycles. The molecule has 1 aromatic carbocycles. The van der Waals surface area contributed by atoms with Gasteiger partial charge in [-0.05, 0) is 44.2 Å². The highest BCUT2D eigenvalue weighted by molar-refractivity contribution is 8.22. The van der Waals surface area contributed by atoms with Crippen molar-refractivity contribution in [2.24, 2.45) is 22.7 Å². The molecule has 8 nitrogen and oxygen atoms in total. The number of esters is 1. The lowest BCUT2D eigenvalue weighted by atomic mass is 9.46. The summed E-state index contributed by atoms with van der Waals surface area (Å²) in [6.07, 6.45) is -1.15. The van der Waals surface area contributed by atoms with E-state index >= 15 is 0 Å². The minimum absolute atomic E-state index is 0.156. The molecule has 1 saturated heterocycles. The van der Waals surface area contributed by atoms with Gasteiger partial charge in [-0.3, -0.25) is 4.79 Å². The Balaban J connectivity index is 1.99. The maximum atomic E-state index is 14.1. The number of carbonyl (C=O) groups is 2. The van der Waals surface area contributed by atoms with E-state index in [-0.39, 0.29) is 25.0 Å². The zero-order valence-corrected chi connectivity index (χ0v) is 25.4. The Bertz CT molecular complexity index is 1200. The second-order valence-electron chi connectivity index (χ2n) is 12.3. The van der Waals surface area contributed by atoms with E-state index < -0.39 is 70.0 Å². The van der Waals surface area contributed by atoms with Gasteiger partial charge in [0.2, 0.25) is 0 Å². The van der Waals surface area contributed by atoms with E-state index in [1.165, 1.54) is 18.7 Å². The minimum Gasteiger partial charge on any atom is -0.455 e. The van der Waals surface area contributed by atoms with Gasteiger partial charge in [-0.15, -0.1) is 11.8 Å². The molecule has 1 aromatic rings. The molecular formula is C30H40O8S2. The van der Waals surface area contributed by atoms with Crippen LogP contribution in [0, 0.1) is 22.7 Å². The fourth-order valence-corrected chi connectivity index (χ4v) is 8.12. The topological polar surface area (TPSA) is 134 Å². The van der Waals surface area contributed by atoms with Gasteiger partial charge in [0.15, 0.2) is 5.78 Å². The average molecular weight is 593 g/mol. The molecule has 0 amide bonds. The predicted molar refractivity (Wildman–Crippen MR) is 156 cm³/mol. The van der Waals surface area contributed by atoms with E-state index in [1.807, 2.05) is 0 Å². The first-order valence-corrected chi connectivity index (χ1v) is 15.2. The number of Topliss-reactive ketones (excluding diaryl/α,β-unsaturated/α-hetero) is 1. The summed E-state index contributed by atoms with van der Waals surface area (Å²) in [6, 6.07) is 8.26. The molecule has 220 valence electrons. The van der Waals surface area contributed by atoms with E-state index in [1.54, 1.807) is 70.4 Å². The van der Waals surface area contributed by atoms with Crippen LogP contribution in [0.15, 0.2) is 42.0 Å². The summed E-state index contributed by atoms with van der Waals surface area (Å²) in [6.45, 7) is 8.13. The molecule has 0 spiro atoms. The number of ether oxygens (including phenoxy) is 2. The third-order valence-electron chi connectivity index (χ3n) is 9.58. The van der Waals surface area contributed by atoms with Crippen LogP contribution in [0.3, 0.4) is 0 Å². The van der Waals surface area contributed by atoms with Crippen LogP contribution in [-0.2, 0) is 14.3 Å². The van der Waals surface area contributed by atoms with Crippen LogP contribution in [0.5, 0.6) is 0 Å². The van der Waals surface area contributed by atoms with E-state index in [0.29, 0.717) is 9.77 Å². The van der Waals surface area contributed by atoms with Crippen molar-refractivity contribution in [1.29, 1.82) is 0 Å². The molecule has 4 N–H and O–H groups in total. The molecule has 1 saturated carbocycles. The Morgan fingerprint density at radius 2 is 1.80 bits per heavy atom. The van der Waals surface area contributed by atoms with Gasteiger partial charge in [0.1, 0.15) is 23.4 Å². The summed E-state index contributed by atoms with van der Waals surface area (Å²) >= 11 is 7.01. The fourth-order valence-electron chi connectivity index (χ4n) is 7.15. The Morgan fingerprint density at radius 1 is 1.18 bits per heavy atom. The third kappa shape index (κ3) is 4.79. The Hall–Kier alpha value is -1.66. The van der Waals surface area contributed by atoms with Crippen LogP contribution < -0.4 is 0 Å². The number of rotatable bonds is 7. The molecule has 4 rings (SSSR count). The largest absolute Gasteiger partial charge is 0.455 e. The second-order valence-corrected chi connectivity index (χ2v) is 13.9. The number of ketones is 1. The first-order chi connectivity index (χ1) is 18.5. The van der Waals surface area contributed by atoms with E-state index in [2.05, 4.69) is 0 Å². The van der Waals surface area contributed by atoms with Crippen LogP contribution in [-0.4, -0.2) is 84.9 Å². The van der Waals surface area contributed by atoms with Gasteiger partial charge in [0, 0.05) is 29.1 Å². The molecule has 0 bridgehead atoms. The summed E-state index contributed by atoms with van der Waals surface area (Å²) < 4.78 is 12.5. The molecule has 2 fully saturated rings. The average Bonchev–Trinajstić information content (AvgIpc) is 2.89. The number of hydrogen-bond acceptors (Lipinski definition) is 10. The minimum atomic E-state index is -1.93. The second kappa shape index (κ2) is 10.9. The number of aliphatic hydroxyl groups excluding tert-OH is 2. The lowest BCUT2D eigenvalue weighted by molar-refractivity contribution is -0.331. The lowest BCUT2D eigenvalue weighted by Gasteiger charge is -2.65. The first-order valence-electron chi connectivity index (χ1n) is 13.5. The van der Waals surface area contributed by atoms with Crippen molar-refractivity contribution in [1.82, 2.24) is 0 Å². The van der Waals surface area contributed by atoms with Gasteiger partial charge in [0.25, 0.3) is 0 Å². The van der Waals surface area contributed by atoms with Gasteiger partial charge in [-0.2, -0.15) is 0 Å². The molecule has 3 aliphatic rings. The lowest BCUT2D eigenvalue weighted by Crippen LogP contribution is -2.78. The highest BCUT2D eigenvalue weighted by atomic mass is 32.2. The van der Waals surface area contributed by atoms with Crippen molar-refractivity contribution >= 4 is 39.9 Å². The van der Waals surface area contributed by atoms with Crippen molar-refractivity contribution in [3.63, 3.8) is 0 Å². The zero-order valence-electron chi connectivity index (χ0n) is 23.8. The van der Waals surface area contributed by atoms with Gasteiger partial charge in [0.05, 0.1) is 28.6 Å². The molecule has 0 radical (unpaired) electrons. The van der Waals surface area contributed by atoms with Crippen molar-refractivity contribution in [3.8, 4) is 0 Å². The van der Waals surface area contributed by atoms with Crippen molar-refractivity contribution in [2.75, 3.05) is 12.9 Å². The van der Waals surface area contributed by atoms with Gasteiger partial charge in [-0.25, -0.2) is 4.79 Å². The van der Waals surface area contributed by atoms with Crippen molar-refractivity contribution in [2.45, 2.75) is 83.1 Å². The Labute approximate surface area is 245 Å². The van der Waals surface area contributed by atoms with Crippen LogP contribution in [0.1, 0.15) is 57.8 Å². The van der Waals surface area contributed by atoms with Gasteiger partial charge >= 0.3 is 5.97 Å². The number of aliphatic hydroxyl groups is 4. The van der Waals surface area contributed by atoms with E-state index in [4.69, 9.17) is 21.7 Å². The Morgan fingerprint density at radius 3 is 2.33 bits per heavy atom. The van der Waals surface area contributed by atoms with Crippen molar-refractivity contribution in [3.05, 3.63) is 47.5 Å². The highest BCUT2D eigenvalue weighted by Gasteiger charge is 2.73. The zero-order chi connectivity index (χ0) is 29.8. The van der Waals surface area contributed by atoms with Crippen molar-refractivity contribution < 1.29 is 39.5 Å². The smallest absolute Gasteiger partial charge is 0.338 e. The number of fused-ring (bicyclic) bond motifs is 1. The number of thioether (sulfide) groups is 1. The van der Waals surface area contributed by atoms with Gasteiger partial charge in [-0.1, -0.05) is 57.3 Å². The van der Waals surface area contributed by atoms with E-state index in [9.17, 15) is 30.0 Å². The standard InChI is InChI=1S/C30H40O8S2/c1-16-13-27(3,4)30(36,14-20(16)32)24(38-25(34)18-10-8-7-9-11-18)22-28(5,23(33)17(2)31)19(26(39)40-6)12-21-29(22,35)15-37-21/h7-11,13,17,19-22,24,31-32,35-36H,12,14-15H2,1-6H3/t17?,19-,20?,21?,22?,24?,28-,29?,30?/m1/s1. The fraction of sp³-hybridized carbons (Fsp3) is 0.633. The highest BCUT2D eigenvalue weighted by Crippen LogP contribution is 2.61. The normalized spacial score (nSPS) is 38.2. The van der Waals surface area contributed by atoms with Gasteiger partial charge < -0.3 is 29.9 Å². The molecule has 0 aromatic heterocycles. The maximum absolute atomic E-state index is 14.1. The Kier molecular flexibility index (Phi) is 8.50. The van der Waals surface area contributed by atoms with E-state index in [0.717, 1.165) is 0 Å². The number of benzene rings is 1. The molecule has 7 unspecified atom stereocenters. The molecule has 1 heterocycles. The summed E-state index contributed by atoms with van der Waals surface area (Å²) in [7, 11) is 0. The molecule has 40 heavy (non-hydrogen) atoms. The molecule has 9 atom stereocenters. The monoisotopic (exact) mass is 592 g/mol.